The molecule has 0 heterocycles. The van der Waals surface area contributed by atoms with Crippen molar-refractivity contribution in [2.45, 2.75) is 37.7 Å². The molecule has 0 radical (unpaired) electrons. The summed E-state index contributed by atoms with van der Waals surface area (Å²) in [6.07, 6.45) is 0.561. The molecular weight excluding hydrogens is 560 g/mol. The fraction of sp³-hybridized carbons (Fsp3) is 0.286. The summed E-state index contributed by atoms with van der Waals surface area (Å²) in [7, 11) is 3.45. The van der Waals surface area contributed by atoms with Gasteiger partial charge in [-0.3, -0.25) is 19.3 Å². The van der Waals surface area contributed by atoms with Gasteiger partial charge in [0.25, 0.3) is 5.91 Å². The van der Waals surface area contributed by atoms with Crippen molar-refractivity contribution < 1.29 is 34.1 Å². The average Bonchev–Trinajstić information content (AvgIpc) is 3.01. The highest BCUT2D eigenvalue weighted by Crippen LogP contribution is 2.52. The molecule has 0 aromatic heterocycles. The lowest BCUT2D eigenvalue weighted by Gasteiger charge is -2.50. The van der Waals surface area contributed by atoms with E-state index in [1.807, 2.05) is 72.8 Å². The number of carbonyl (C=O) groups is 3. The topological polar surface area (TPSA) is 139 Å². The Morgan fingerprint density at radius 1 is 0.909 bits per heavy atom. The summed E-state index contributed by atoms with van der Waals surface area (Å²) in [6, 6.07) is 23.4. The molecule has 0 bridgehead atoms. The van der Waals surface area contributed by atoms with Gasteiger partial charge in [0.15, 0.2) is 5.60 Å². The number of likely N-dealkylation sites (N-methyl/N-ethyl adjacent to an activating group) is 1. The highest BCUT2D eigenvalue weighted by Gasteiger charge is 2.65. The van der Waals surface area contributed by atoms with Crippen LogP contribution in [0.1, 0.15) is 28.7 Å². The molecular formula is C35H34N2O7. The second-order valence-corrected chi connectivity index (χ2v) is 11.8. The Bertz CT molecular complexity index is 1700. The number of rotatable bonds is 8. The average molecular weight is 595 g/mol. The first-order valence-electron chi connectivity index (χ1n) is 14.5. The molecule has 0 aliphatic heterocycles. The van der Waals surface area contributed by atoms with Crippen LogP contribution in [-0.4, -0.2) is 58.3 Å². The van der Waals surface area contributed by atoms with Gasteiger partial charge in [0.1, 0.15) is 36.1 Å². The third-order valence-electron chi connectivity index (χ3n) is 8.89. The molecule has 1 saturated carbocycles. The molecule has 1 fully saturated rings. The summed E-state index contributed by atoms with van der Waals surface area (Å²) < 4.78 is 12.2. The number of Topliss-reactive ketones (excluding diaryl/α,β-unsaturated/α-hetero) is 2. The monoisotopic (exact) mass is 594 g/mol. The zero-order valence-electron chi connectivity index (χ0n) is 24.5. The Morgan fingerprint density at radius 3 is 2.11 bits per heavy atom. The van der Waals surface area contributed by atoms with Crippen molar-refractivity contribution in [1.82, 2.24) is 4.90 Å². The summed E-state index contributed by atoms with van der Waals surface area (Å²) in [4.78, 5) is 42.8. The van der Waals surface area contributed by atoms with Gasteiger partial charge >= 0.3 is 0 Å². The zero-order chi connectivity index (χ0) is 31.2. The number of aliphatic hydroxyl groups excluding tert-OH is 1. The van der Waals surface area contributed by atoms with E-state index in [1.165, 1.54) is 0 Å². The number of nitrogens with zero attached hydrogens (tertiary/aromatic N) is 1. The van der Waals surface area contributed by atoms with Crippen molar-refractivity contribution >= 4 is 23.2 Å². The van der Waals surface area contributed by atoms with Crippen LogP contribution in [0.4, 0.5) is 0 Å². The lowest BCUT2D eigenvalue weighted by atomic mass is 9.57. The number of hydrogen-bond donors (Lipinski definition) is 3. The SMILES string of the molecule is CN(C)[C@H]1C(OCc2ccccc2)=C(C(N)=O)C(=O)[C@@]2(O)C(=O)C3=C(O)c4c(cccc4OCc4ccccc4)C[C@H]3C[C@H]12. The van der Waals surface area contributed by atoms with Crippen molar-refractivity contribution in [1.29, 1.82) is 0 Å². The molecule has 4 atom stereocenters. The van der Waals surface area contributed by atoms with Gasteiger partial charge in [0.2, 0.25) is 11.6 Å². The molecule has 0 spiro atoms. The quantitative estimate of drug-likeness (QED) is 0.266. The van der Waals surface area contributed by atoms with Crippen LogP contribution >= 0.6 is 0 Å². The molecule has 6 rings (SSSR count). The number of primary amides is 1. The van der Waals surface area contributed by atoms with Gasteiger partial charge in [-0.2, -0.15) is 0 Å². The van der Waals surface area contributed by atoms with Crippen LogP contribution < -0.4 is 10.5 Å². The number of carbonyl (C=O) groups excluding carboxylic acids is 3. The largest absolute Gasteiger partial charge is 0.507 e. The second kappa shape index (κ2) is 11.4. The second-order valence-electron chi connectivity index (χ2n) is 11.8. The summed E-state index contributed by atoms with van der Waals surface area (Å²) in [6.45, 7) is 0.295. The van der Waals surface area contributed by atoms with Gasteiger partial charge in [-0.05, 0) is 55.6 Å². The minimum absolute atomic E-state index is 0.0308. The van der Waals surface area contributed by atoms with Crippen LogP contribution in [0.3, 0.4) is 0 Å². The van der Waals surface area contributed by atoms with Crippen molar-refractivity contribution in [3.8, 4) is 5.75 Å². The normalized spacial score (nSPS) is 24.5. The number of amides is 1. The van der Waals surface area contributed by atoms with E-state index in [1.54, 1.807) is 25.1 Å². The van der Waals surface area contributed by atoms with E-state index in [0.29, 0.717) is 17.7 Å². The molecule has 226 valence electrons. The maximum Gasteiger partial charge on any atom is 0.255 e. The third kappa shape index (κ3) is 4.78. The third-order valence-corrected chi connectivity index (χ3v) is 8.89. The molecule has 1 amide bonds. The van der Waals surface area contributed by atoms with Crippen LogP contribution in [0.2, 0.25) is 0 Å². The first kappa shape index (κ1) is 29.3. The summed E-state index contributed by atoms with van der Waals surface area (Å²) >= 11 is 0. The molecule has 0 saturated heterocycles. The first-order valence-corrected chi connectivity index (χ1v) is 14.5. The first-order chi connectivity index (χ1) is 21.1. The van der Waals surface area contributed by atoms with Crippen LogP contribution in [0.25, 0.3) is 5.76 Å². The minimum Gasteiger partial charge on any atom is -0.507 e. The van der Waals surface area contributed by atoms with E-state index < -0.39 is 46.5 Å². The van der Waals surface area contributed by atoms with Gasteiger partial charge in [0.05, 0.1) is 11.6 Å². The van der Waals surface area contributed by atoms with Gasteiger partial charge in [-0.15, -0.1) is 0 Å². The summed E-state index contributed by atoms with van der Waals surface area (Å²) in [5, 5.41) is 23.7. The minimum atomic E-state index is -2.63. The number of ketones is 2. The molecule has 3 aromatic carbocycles. The number of ether oxygens (including phenoxy) is 2. The molecule has 9 nitrogen and oxygen atoms in total. The van der Waals surface area contributed by atoms with E-state index in [4.69, 9.17) is 15.2 Å². The van der Waals surface area contributed by atoms with E-state index in [9.17, 15) is 24.6 Å². The van der Waals surface area contributed by atoms with Crippen molar-refractivity contribution in [2.75, 3.05) is 14.1 Å². The van der Waals surface area contributed by atoms with E-state index in [-0.39, 0.29) is 36.7 Å². The van der Waals surface area contributed by atoms with Crippen LogP contribution in [-0.2, 0) is 38.8 Å². The summed E-state index contributed by atoms with van der Waals surface area (Å²) in [5.41, 5.74) is 5.37. The van der Waals surface area contributed by atoms with Gasteiger partial charge in [0, 0.05) is 11.5 Å². The van der Waals surface area contributed by atoms with Crippen LogP contribution in [0.5, 0.6) is 5.75 Å². The summed E-state index contributed by atoms with van der Waals surface area (Å²) in [5.74, 6) is -4.53. The fourth-order valence-electron chi connectivity index (χ4n) is 6.89. The van der Waals surface area contributed by atoms with Crippen molar-refractivity contribution in [2.24, 2.45) is 17.6 Å². The van der Waals surface area contributed by atoms with E-state index in [0.717, 1.165) is 16.7 Å². The molecule has 0 unspecified atom stereocenters. The standard InChI is InChI=1S/C35H34N2O7/c1-37(2)29-24-17-23-16-22-14-9-15-25(43-18-20-10-5-3-6-11-20)26(22)30(38)27(23)32(39)35(24,42)33(40)28(34(36)41)31(29)44-19-21-12-7-4-8-13-21/h3-15,23-24,29,38,42H,16-19H2,1-2H3,(H2,36,41)/t23-,24+,29+,35-/m0/s1. The van der Waals surface area contributed by atoms with Crippen molar-refractivity contribution in [3.05, 3.63) is 118 Å². The zero-order valence-corrected chi connectivity index (χ0v) is 24.5. The van der Waals surface area contributed by atoms with E-state index >= 15 is 0 Å². The Balaban J connectivity index is 1.41. The van der Waals surface area contributed by atoms with Crippen LogP contribution in [0.15, 0.2) is 95.8 Å². The van der Waals surface area contributed by atoms with E-state index in [2.05, 4.69) is 0 Å². The lowest BCUT2D eigenvalue weighted by molar-refractivity contribution is -0.162. The number of aliphatic hydroxyl groups is 2. The Hall–Kier alpha value is -4.73. The smallest absolute Gasteiger partial charge is 0.255 e. The number of benzene rings is 3. The maximum atomic E-state index is 14.3. The molecule has 3 aromatic rings. The predicted molar refractivity (Wildman–Crippen MR) is 162 cm³/mol. The molecule has 44 heavy (non-hydrogen) atoms. The van der Waals surface area contributed by atoms with Crippen LogP contribution in [0, 0.1) is 11.8 Å². The molecule has 3 aliphatic carbocycles. The maximum absolute atomic E-state index is 14.3. The predicted octanol–water partition coefficient (Wildman–Crippen LogP) is 3.50. The van der Waals surface area contributed by atoms with Gasteiger partial charge < -0.3 is 25.4 Å². The number of hydrogen-bond acceptors (Lipinski definition) is 8. The van der Waals surface area contributed by atoms with Gasteiger partial charge in [-0.25, -0.2) is 0 Å². The Labute approximate surface area is 255 Å². The number of nitrogens with two attached hydrogens (primary N) is 1. The fourth-order valence-corrected chi connectivity index (χ4v) is 6.89. The van der Waals surface area contributed by atoms with Crippen molar-refractivity contribution in [3.63, 3.8) is 0 Å². The Kier molecular flexibility index (Phi) is 7.61. The molecule has 3 aliphatic rings. The Morgan fingerprint density at radius 2 is 1.52 bits per heavy atom. The molecule has 9 heteroatoms. The number of fused-ring (bicyclic) bond motifs is 3. The molecule has 4 N–H and O–H groups in total. The highest BCUT2D eigenvalue weighted by atomic mass is 16.5. The highest BCUT2D eigenvalue weighted by molar-refractivity contribution is 6.33. The van der Waals surface area contributed by atoms with Gasteiger partial charge in [-0.1, -0.05) is 72.8 Å². The lowest BCUT2D eigenvalue weighted by Crippen LogP contribution is -2.67.